The molecule has 1 heteroatoms. The van der Waals surface area contributed by atoms with Crippen LogP contribution in [0.25, 0.3) is 0 Å². The van der Waals surface area contributed by atoms with Gasteiger partial charge in [0.2, 0.25) is 0 Å². The van der Waals surface area contributed by atoms with Crippen LogP contribution in [0.5, 0.6) is 0 Å². The molecule has 0 bridgehead atoms. The maximum Gasteiger partial charge on any atom is 0.106 e. The first-order chi connectivity index (χ1) is 7.75. The van der Waals surface area contributed by atoms with Gasteiger partial charge in [0.1, 0.15) is 6.79 Å². The Morgan fingerprint density at radius 1 is 1.06 bits per heavy atom. The van der Waals surface area contributed by atoms with Crippen molar-refractivity contribution in [3.63, 3.8) is 0 Å². The highest BCUT2D eigenvalue weighted by atomic mass is 16.1. The fraction of sp³-hybridized carbons (Fsp3) is 0.933. The van der Waals surface area contributed by atoms with E-state index in [-0.39, 0.29) is 0 Å². The van der Waals surface area contributed by atoms with Gasteiger partial charge in [-0.15, -0.1) is 0 Å². The molecular weight excluding hydrogens is 196 g/mol. The van der Waals surface area contributed by atoms with E-state index in [1.165, 1.54) is 32.1 Å². The molecule has 100 valence electrons. The molecule has 1 rings (SSSR count). The maximum absolute atomic E-state index is 8.00. The van der Waals surface area contributed by atoms with E-state index >= 15 is 0 Å². The van der Waals surface area contributed by atoms with Gasteiger partial charge in [-0.1, -0.05) is 61.3 Å². The van der Waals surface area contributed by atoms with Crippen LogP contribution in [-0.4, -0.2) is 6.79 Å². The van der Waals surface area contributed by atoms with E-state index in [2.05, 4.69) is 20.8 Å². The summed E-state index contributed by atoms with van der Waals surface area (Å²) in [6.45, 7) is 17.0. The third-order valence-electron chi connectivity index (χ3n) is 3.30. The Hall–Kier alpha value is -0.330. The highest BCUT2D eigenvalue weighted by molar-refractivity contribution is 5.11. The van der Waals surface area contributed by atoms with Gasteiger partial charge in [-0.2, -0.15) is 0 Å². The van der Waals surface area contributed by atoms with Crippen LogP contribution in [0.4, 0.5) is 0 Å². The Kier molecular flexibility index (Phi) is 19.3. The quantitative estimate of drug-likeness (QED) is 0.625. The summed E-state index contributed by atoms with van der Waals surface area (Å²) < 4.78 is 0. The lowest BCUT2D eigenvalue weighted by molar-refractivity contribution is -0.0979. The van der Waals surface area contributed by atoms with Gasteiger partial charge in [0.25, 0.3) is 0 Å². The van der Waals surface area contributed by atoms with Crippen LogP contribution in [0.15, 0.2) is 0 Å². The lowest BCUT2D eigenvalue weighted by atomic mass is 9.85. The largest absolute Gasteiger partial charge is 0.307 e. The molecule has 1 unspecified atom stereocenters. The van der Waals surface area contributed by atoms with Crippen LogP contribution < -0.4 is 0 Å². The number of carbonyl (C=O) groups excluding carboxylic acids is 1. The van der Waals surface area contributed by atoms with Crippen molar-refractivity contribution in [2.24, 2.45) is 11.3 Å². The third-order valence-corrected chi connectivity index (χ3v) is 3.30. The molecule has 1 fully saturated rings. The Balaban J connectivity index is -0.000000245. The van der Waals surface area contributed by atoms with Crippen LogP contribution in [0.1, 0.15) is 80.6 Å². The zero-order valence-corrected chi connectivity index (χ0v) is 12.7. The lowest BCUT2D eigenvalue weighted by Gasteiger charge is -2.20. The Morgan fingerprint density at radius 2 is 1.44 bits per heavy atom. The summed E-state index contributed by atoms with van der Waals surface area (Å²) in [4.78, 5) is 8.00. The van der Waals surface area contributed by atoms with Gasteiger partial charge in [0.15, 0.2) is 0 Å². The molecule has 0 radical (unpaired) electrons. The Bertz CT molecular complexity index is 117. The summed E-state index contributed by atoms with van der Waals surface area (Å²) in [6, 6.07) is 0. The maximum atomic E-state index is 8.00. The summed E-state index contributed by atoms with van der Waals surface area (Å²) in [5.41, 5.74) is 0.809. The van der Waals surface area contributed by atoms with E-state index in [4.69, 9.17) is 4.79 Å². The van der Waals surface area contributed by atoms with Crippen LogP contribution in [0, 0.1) is 11.3 Å². The summed E-state index contributed by atoms with van der Waals surface area (Å²) in [6.07, 6.45) is 7.25. The summed E-state index contributed by atoms with van der Waals surface area (Å²) in [5.74, 6) is 0.979. The molecule has 1 aliphatic rings. The van der Waals surface area contributed by atoms with Crippen molar-refractivity contribution in [1.29, 1.82) is 0 Å². The number of carbonyl (C=O) groups is 1. The molecule has 0 spiro atoms. The molecule has 16 heavy (non-hydrogen) atoms. The first kappa shape index (κ1) is 21.0. The van der Waals surface area contributed by atoms with E-state index < -0.39 is 0 Å². The van der Waals surface area contributed by atoms with Crippen molar-refractivity contribution in [3.8, 4) is 0 Å². The molecule has 1 nitrogen and oxygen atoms in total. The minimum absolute atomic E-state index is 0.809. The highest BCUT2D eigenvalue weighted by Gasteiger charge is 2.44. The van der Waals surface area contributed by atoms with Crippen LogP contribution in [-0.2, 0) is 4.79 Å². The minimum Gasteiger partial charge on any atom is -0.307 e. The van der Waals surface area contributed by atoms with Crippen LogP contribution in [0.2, 0.25) is 0 Å². The topological polar surface area (TPSA) is 17.1 Å². The fourth-order valence-electron chi connectivity index (χ4n) is 2.08. The van der Waals surface area contributed by atoms with E-state index in [1.54, 1.807) is 0 Å². The summed E-state index contributed by atoms with van der Waals surface area (Å²) >= 11 is 0. The van der Waals surface area contributed by atoms with Crippen molar-refractivity contribution in [1.82, 2.24) is 0 Å². The van der Waals surface area contributed by atoms with Crippen molar-refractivity contribution < 1.29 is 4.79 Å². The van der Waals surface area contributed by atoms with Crippen molar-refractivity contribution in [3.05, 3.63) is 0 Å². The van der Waals surface area contributed by atoms with Crippen molar-refractivity contribution >= 4 is 6.79 Å². The Morgan fingerprint density at radius 3 is 1.62 bits per heavy atom. The zero-order valence-electron chi connectivity index (χ0n) is 12.7. The monoisotopic (exact) mass is 230 g/mol. The SMILES string of the molecule is C=O.CC.CC.CCCC1(C(C)CC)CC1. The van der Waals surface area contributed by atoms with Gasteiger partial charge in [0.05, 0.1) is 0 Å². The predicted molar refractivity (Wildman–Crippen MR) is 75.8 cm³/mol. The van der Waals surface area contributed by atoms with E-state index in [0.29, 0.717) is 0 Å². The molecule has 0 aromatic rings. The molecule has 1 aliphatic carbocycles. The second-order valence-corrected chi connectivity index (χ2v) is 3.92. The predicted octanol–water partition coefficient (Wildman–Crippen LogP) is 5.48. The van der Waals surface area contributed by atoms with Crippen molar-refractivity contribution in [2.45, 2.75) is 80.6 Å². The average molecular weight is 230 g/mol. The first-order valence-electron chi connectivity index (χ1n) is 7.04. The molecule has 0 aliphatic heterocycles. The number of hydrogen-bond acceptors (Lipinski definition) is 1. The number of hydrogen-bond donors (Lipinski definition) is 0. The molecule has 0 heterocycles. The molecule has 1 saturated carbocycles. The lowest BCUT2D eigenvalue weighted by Crippen LogP contribution is -2.11. The van der Waals surface area contributed by atoms with E-state index in [0.717, 1.165) is 11.3 Å². The van der Waals surface area contributed by atoms with Gasteiger partial charge in [0, 0.05) is 0 Å². The standard InChI is InChI=1S/C10H20.2C2H6.CH2O/c1-4-6-10(7-8-10)9(3)5-2;3*1-2/h9H,4-8H2,1-3H3;2*1-2H3;1H2. The molecule has 0 saturated heterocycles. The van der Waals surface area contributed by atoms with Gasteiger partial charge in [-0.25, -0.2) is 0 Å². The van der Waals surface area contributed by atoms with Crippen LogP contribution in [0.3, 0.4) is 0 Å². The second kappa shape index (κ2) is 14.7. The van der Waals surface area contributed by atoms with E-state index in [1.807, 2.05) is 34.5 Å². The molecular formula is C15H34O. The molecule has 0 aromatic heterocycles. The summed E-state index contributed by atoms with van der Waals surface area (Å²) in [7, 11) is 0. The minimum atomic E-state index is 0.809. The molecule has 0 amide bonds. The molecule has 1 atom stereocenters. The van der Waals surface area contributed by atoms with Gasteiger partial charge in [-0.05, 0) is 30.6 Å². The smallest absolute Gasteiger partial charge is 0.106 e. The normalized spacial score (nSPS) is 16.2. The highest BCUT2D eigenvalue weighted by Crippen LogP contribution is 2.56. The average Bonchev–Trinajstić information content (AvgIpc) is 3.17. The second-order valence-electron chi connectivity index (χ2n) is 3.92. The van der Waals surface area contributed by atoms with Gasteiger partial charge < -0.3 is 4.79 Å². The summed E-state index contributed by atoms with van der Waals surface area (Å²) in [5, 5.41) is 0. The number of rotatable bonds is 4. The van der Waals surface area contributed by atoms with E-state index in [9.17, 15) is 0 Å². The molecule has 0 N–H and O–H groups in total. The molecule has 0 aromatic carbocycles. The van der Waals surface area contributed by atoms with Crippen molar-refractivity contribution in [2.75, 3.05) is 0 Å². The van der Waals surface area contributed by atoms with Gasteiger partial charge >= 0.3 is 0 Å². The van der Waals surface area contributed by atoms with Crippen LogP contribution >= 0.6 is 0 Å². The first-order valence-corrected chi connectivity index (χ1v) is 7.04. The van der Waals surface area contributed by atoms with Gasteiger partial charge in [-0.3, -0.25) is 0 Å². The Labute approximate surface area is 104 Å². The third kappa shape index (κ3) is 7.90. The fourth-order valence-corrected chi connectivity index (χ4v) is 2.08. The zero-order chi connectivity index (χ0) is 13.6.